The van der Waals surface area contributed by atoms with Crippen LogP contribution in [0.5, 0.6) is 0 Å². The van der Waals surface area contributed by atoms with Crippen molar-refractivity contribution in [3.05, 3.63) is 23.5 Å². The van der Waals surface area contributed by atoms with Crippen LogP contribution in [-0.4, -0.2) is 22.6 Å². The van der Waals surface area contributed by atoms with Crippen molar-refractivity contribution >= 4 is 5.78 Å². The second kappa shape index (κ2) is 4.88. The van der Waals surface area contributed by atoms with Crippen LogP contribution >= 0.6 is 0 Å². The summed E-state index contributed by atoms with van der Waals surface area (Å²) < 4.78 is 8.01. The van der Waals surface area contributed by atoms with Gasteiger partial charge in [0, 0.05) is 30.9 Å². The van der Waals surface area contributed by atoms with Crippen LogP contribution < -0.4 is 0 Å². The van der Waals surface area contributed by atoms with E-state index in [1.807, 2.05) is 6.20 Å². The standard InChI is InChI=1S/C15H21NO2/c1-11-6-7-13(18-11)9-16-8-12-4-2-3-5-15(17)14(12)10-16/h8,10-11,13H,2-7,9H2,1H3. The molecule has 0 amide bonds. The van der Waals surface area contributed by atoms with Gasteiger partial charge in [0.05, 0.1) is 12.2 Å². The summed E-state index contributed by atoms with van der Waals surface area (Å²) in [6.07, 6.45) is 11.2. The smallest absolute Gasteiger partial charge is 0.164 e. The van der Waals surface area contributed by atoms with Gasteiger partial charge in [-0.05, 0) is 44.6 Å². The van der Waals surface area contributed by atoms with Crippen molar-refractivity contribution < 1.29 is 9.53 Å². The fraction of sp³-hybridized carbons (Fsp3) is 0.667. The molecule has 0 bridgehead atoms. The van der Waals surface area contributed by atoms with Crippen LogP contribution in [0.1, 0.15) is 54.9 Å². The van der Waals surface area contributed by atoms with E-state index in [2.05, 4.69) is 17.7 Å². The van der Waals surface area contributed by atoms with Gasteiger partial charge >= 0.3 is 0 Å². The summed E-state index contributed by atoms with van der Waals surface area (Å²) in [4.78, 5) is 12.0. The molecule has 0 aromatic carbocycles. The highest BCUT2D eigenvalue weighted by atomic mass is 16.5. The lowest BCUT2D eigenvalue weighted by Gasteiger charge is -2.11. The lowest BCUT2D eigenvalue weighted by molar-refractivity contribution is 0.0458. The molecular weight excluding hydrogens is 226 g/mol. The highest BCUT2D eigenvalue weighted by molar-refractivity contribution is 5.97. The van der Waals surface area contributed by atoms with E-state index in [1.54, 1.807) is 0 Å². The third-order valence-corrected chi connectivity index (χ3v) is 4.10. The maximum Gasteiger partial charge on any atom is 0.164 e. The predicted molar refractivity (Wildman–Crippen MR) is 69.9 cm³/mol. The van der Waals surface area contributed by atoms with Crippen molar-refractivity contribution in [1.29, 1.82) is 0 Å². The molecule has 1 aliphatic carbocycles. The molecule has 1 saturated heterocycles. The highest BCUT2D eigenvalue weighted by Crippen LogP contribution is 2.24. The molecule has 0 spiro atoms. The molecule has 0 radical (unpaired) electrons. The Morgan fingerprint density at radius 3 is 2.89 bits per heavy atom. The molecule has 3 rings (SSSR count). The predicted octanol–water partition coefficient (Wildman–Crippen LogP) is 2.96. The Hall–Kier alpha value is -1.09. The number of ketones is 1. The number of aryl methyl sites for hydroxylation is 1. The van der Waals surface area contributed by atoms with Crippen LogP contribution in [0.2, 0.25) is 0 Å². The molecule has 2 heterocycles. The van der Waals surface area contributed by atoms with Gasteiger partial charge in [-0.3, -0.25) is 4.79 Å². The van der Waals surface area contributed by atoms with Gasteiger partial charge in [-0.2, -0.15) is 0 Å². The van der Waals surface area contributed by atoms with E-state index in [-0.39, 0.29) is 0 Å². The number of nitrogens with zero attached hydrogens (tertiary/aromatic N) is 1. The minimum absolute atomic E-state index is 0.321. The Morgan fingerprint density at radius 2 is 2.11 bits per heavy atom. The van der Waals surface area contributed by atoms with Crippen LogP contribution in [0.4, 0.5) is 0 Å². The number of Topliss-reactive ketones (excluding diaryl/α,β-unsaturated/α-hetero) is 1. The fourth-order valence-corrected chi connectivity index (χ4v) is 3.10. The van der Waals surface area contributed by atoms with Gasteiger partial charge in [-0.1, -0.05) is 0 Å². The molecule has 1 fully saturated rings. The molecule has 2 aliphatic rings. The summed E-state index contributed by atoms with van der Waals surface area (Å²) in [5.74, 6) is 0.321. The van der Waals surface area contributed by atoms with Crippen LogP contribution in [0.15, 0.2) is 12.4 Å². The average Bonchev–Trinajstić information content (AvgIpc) is 2.88. The zero-order valence-electron chi connectivity index (χ0n) is 11.0. The number of hydrogen-bond acceptors (Lipinski definition) is 2. The molecule has 3 heteroatoms. The van der Waals surface area contributed by atoms with E-state index in [1.165, 1.54) is 5.56 Å². The number of fused-ring (bicyclic) bond motifs is 1. The van der Waals surface area contributed by atoms with Crippen LogP contribution in [0.3, 0.4) is 0 Å². The van der Waals surface area contributed by atoms with Crippen molar-refractivity contribution in [2.24, 2.45) is 0 Å². The van der Waals surface area contributed by atoms with Crippen LogP contribution in [-0.2, 0) is 17.7 Å². The summed E-state index contributed by atoms with van der Waals surface area (Å²) in [7, 11) is 0. The Bertz CT molecular complexity index is 449. The van der Waals surface area contributed by atoms with E-state index >= 15 is 0 Å². The molecule has 2 atom stereocenters. The monoisotopic (exact) mass is 247 g/mol. The maximum atomic E-state index is 12.0. The van der Waals surface area contributed by atoms with Gasteiger partial charge in [-0.15, -0.1) is 0 Å². The summed E-state index contributed by atoms with van der Waals surface area (Å²) in [5, 5.41) is 0. The normalized spacial score (nSPS) is 28.2. The topological polar surface area (TPSA) is 31.2 Å². The van der Waals surface area contributed by atoms with Crippen LogP contribution in [0, 0.1) is 0 Å². The summed E-state index contributed by atoms with van der Waals surface area (Å²) >= 11 is 0. The first kappa shape index (κ1) is 12.0. The van der Waals surface area contributed by atoms with Gasteiger partial charge in [0.2, 0.25) is 0 Å². The Labute approximate surface area is 108 Å². The van der Waals surface area contributed by atoms with Gasteiger partial charge in [0.25, 0.3) is 0 Å². The molecule has 18 heavy (non-hydrogen) atoms. The third kappa shape index (κ3) is 2.37. The molecule has 0 N–H and O–H groups in total. The Kier molecular flexibility index (Phi) is 3.25. The van der Waals surface area contributed by atoms with Gasteiger partial charge < -0.3 is 9.30 Å². The van der Waals surface area contributed by atoms with Crippen molar-refractivity contribution in [3.63, 3.8) is 0 Å². The second-order valence-corrected chi connectivity index (χ2v) is 5.67. The van der Waals surface area contributed by atoms with E-state index in [0.717, 1.165) is 44.2 Å². The first-order valence-corrected chi connectivity index (χ1v) is 7.09. The summed E-state index contributed by atoms with van der Waals surface area (Å²) in [6, 6.07) is 0. The van der Waals surface area contributed by atoms with Crippen molar-refractivity contribution in [1.82, 2.24) is 4.57 Å². The van der Waals surface area contributed by atoms with Gasteiger partial charge in [0.1, 0.15) is 0 Å². The van der Waals surface area contributed by atoms with E-state index in [4.69, 9.17) is 4.74 Å². The number of ether oxygens (including phenoxy) is 1. The van der Waals surface area contributed by atoms with E-state index in [9.17, 15) is 4.79 Å². The minimum Gasteiger partial charge on any atom is -0.373 e. The van der Waals surface area contributed by atoms with E-state index < -0.39 is 0 Å². The Balaban J connectivity index is 1.74. The summed E-state index contributed by atoms with van der Waals surface area (Å²) in [5.41, 5.74) is 2.20. The SMILES string of the molecule is CC1CCC(Cn2cc3c(c2)C(=O)CCCC3)O1. The molecule has 2 unspecified atom stereocenters. The molecule has 1 aliphatic heterocycles. The molecule has 1 aromatic heterocycles. The molecule has 1 aromatic rings. The molecule has 3 nitrogen and oxygen atoms in total. The first-order chi connectivity index (χ1) is 8.72. The number of carbonyl (C=O) groups excluding carboxylic acids is 1. The maximum absolute atomic E-state index is 12.0. The number of aromatic nitrogens is 1. The second-order valence-electron chi connectivity index (χ2n) is 5.67. The summed E-state index contributed by atoms with van der Waals surface area (Å²) in [6.45, 7) is 3.03. The molecule has 0 saturated carbocycles. The highest BCUT2D eigenvalue weighted by Gasteiger charge is 2.23. The third-order valence-electron chi connectivity index (χ3n) is 4.10. The number of hydrogen-bond donors (Lipinski definition) is 0. The van der Waals surface area contributed by atoms with Crippen molar-refractivity contribution in [2.75, 3.05) is 0 Å². The lowest BCUT2D eigenvalue weighted by Crippen LogP contribution is -2.15. The van der Waals surface area contributed by atoms with Gasteiger partial charge in [0.15, 0.2) is 5.78 Å². The quantitative estimate of drug-likeness (QED) is 0.752. The zero-order chi connectivity index (χ0) is 12.5. The van der Waals surface area contributed by atoms with Crippen LogP contribution in [0.25, 0.3) is 0 Å². The van der Waals surface area contributed by atoms with E-state index in [0.29, 0.717) is 24.4 Å². The number of rotatable bonds is 2. The van der Waals surface area contributed by atoms with Crippen molar-refractivity contribution in [2.45, 2.75) is 64.2 Å². The first-order valence-electron chi connectivity index (χ1n) is 7.09. The van der Waals surface area contributed by atoms with Gasteiger partial charge in [-0.25, -0.2) is 0 Å². The molecule has 98 valence electrons. The minimum atomic E-state index is 0.321. The lowest BCUT2D eigenvalue weighted by atomic mass is 10.1. The number of carbonyl (C=O) groups is 1. The Morgan fingerprint density at radius 1 is 1.28 bits per heavy atom. The molecular formula is C15H21NO2. The van der Waals surface area contributed by atoms with Crippen molar-refractivity contribution in [3.8, 4) is 0 Å². The zero-order valence-corrected chi connectivity index (χ0v) is 11.0. The average molecular weight is 247 g/mol. The fourth-order valence-electron chi connectivity index (χ4n) is 3.10. The largest absolute Gasteiger partial charge is 0.373 e.